The van der Waals surface area contributed by atoms with Crippen molar-refractivity contribution >= 4 is 17.4 Å². The minimum absolute atomic E-state index is 0.350. The monoisotopic (exact) mass is 226 g/mol. The molecule has 1 aromatic rings. The van der Waals surface area contributed by atoms with E-state index in [1.807, 2.05) is 6.07 Å². The van der Waals surface area contributed by atoms with Gasteiger partial charge in [-0.15, -0.1) is 0 Å². The first-order chi connectivity index (χ1) is 7.29. The molecule has 1 fully saturated rings. The minimum atomic E-state index is 0.350. The van der Waals surface area contributed by atoms with Crippen molar-refractivity contribution in [3.63, 3.8) is 0 Å². The van der Waals surface area contributed by atoms with Gasteiger partial charge in [0.15, 0.2) is 0 Å². The van der Waals surface area contributed by atoms with E-state index in [2.05, 4.69) is 27.1 Å². The van der Waals surface area contributed by atoms with Gasteiger partial charge in [-0.25, -0.2) is 9.97 Å². The standard InChI is InChI=1S/C10H15ClN4/c1-2-8-7-9(14-10(11)13-8)15-5-3-12-4-6-15/h7,12H,2-6H2,1H3. The fourth-order valence-corrected chi connectivity index (χ4v) is 1.88. The van der Waals surface area contributed by atoms with Crippen molar-refractivity contribution in [2.75, 3.05) is 31.1 Å². The number of piperazine rings is 1. The third-order valence-electron chi connectivity index (χ3n) is 2.54. The number of hydrogen-bond acceptors (Lipinski definition) is 4. The van der Waals surface area contributed by atoms with Crippen LogP contribution in [0, 0.1) is 0 Å². The molecule has 0 radical (unpaired) electrons. The number of nitrogens with one attached hydrogen (secondary N) is 1. The van der Waals surface area contributed by atoms with Crippen LogP contribution in [0.2, 0.25) is 5.28 Å². The molecule has 1 aromatic heterocycles. The second-order valence-corrected chi connectivity index (χ2v) is 3.92. The zero-order chi connectivity index (χ0) is 10.7. The Bertz CT molecular complexity index is 336. The molecule has 0 unspecified atom stereocenters. The first-order valence-electron chi connectivity index (χ1n) is 5.28. The van der Waals surface area contributed by atoms with Crippen molar-refractivity contribution < 1.29 is 0 Å². The van der Waals surface area contributed by atoms with Crippen LogP contribution >= 0.6 is 11.6 Å². The van der Waals surface area contributed by atoms with Gasteiger partial charge < -0.3 is 10.2 Å². The van der Waals surface area contributed by atoms with Crippen molar-refractivity contribution in [2.24, 2.45) is 0 Å². The predicted octanol–water partition coefficient (Wildman–Crippen LogP) is 1.10. The normalized spacial score (nSPS) is 16.8. The average molecular weight is 227 g/mol. The quantitative estimate of drug-likeness (QED) is 0.767. The molecule has 82 valence electrons. The largest absolute Gasteiger partial charge is 0.354 e. The Morgan fingerprint density at radius 2 is 2.13 bits per heavy atom. The van der Waals surface area contributed by atoms with E-state index in [-0.39, 0.29) is 0 Å². The molecule has 1 saturated heterocycles. The highest BCUT2D eigenvalue weighted by molar-refractivity contribution is 6.28. The Kier molecular flexibility index (Phi) is 3.38. The molecule has 15 heavy (non-hydrogen) atoms. The van der Waals surface area contributed by atoms with Gasteiger partial charge in [-0.05, 0) is 18.0 Å². The molecule has 1 aliphatic heterocycles. The maximum absolute atomic E-state index is 5.88. The number of halogens is 1. The van der Waals surface area contributed by atoms with Crippen LogP contribution < -0.4 is 10.2 Å². The summed E-state index contributed by atoms with van der Waals surface area (Å²) in [6, 6.07) is 2.02. The van der Waals surface area contributed by atoms with Gasteiger partial charge in [-0.2, -0.15) is 0 Å². The lowest BCUT2D eigenvalue weighted by atomic mass is 10.3. The first-order valence-corrected chi connectivity index (χ1v) is 5.66. The summed E-state index contributed by atoms with van der Waals surface area (Å²) < 4.78 is 0. The summed E-state index contributed by atoms with van der Waals surface area (Å²) in [5.41, 5.74) is 1.00. The first kappa shape index (κ1) is 10.6. The molecular formula is C10H15ClN4. The minimum Gasteiger partial charge on any atom is -0.354 e. The highest BCUT2D eigenvalue weighted by Crippen LogP contribution is 2.15. The van der Waals surface area contributed by atoms with Crippen molar-refractivity contribution in [2.45, 2.75) is 13.3 Å². The van der Waals surface area contributed by atoms with Gasteiger partial charge in [0, 0.05) is 37.9 Å². The Labute approximate surface area is 94.7 Å². The van der Waals surface area contributed by atoms with E-state index in [4.69, 9.17) is 11.6 Å². The van der Waals surface area contributed by atoms with E-state index in [9.17, 15) is 0 Å². The second-order valence-electron chi connectivity index (χ2n) is 3.58. The summed E-state index contributed by atoms with van der Waals surface area (Å²) >= 11 is 5.88. The summed E-state index contributed by atoms with van der Waals surface area (Å²) in [6.07, 6.45) is 0.890. The van der Waals surface area contributed by atoms with Crippen LogP contribution in [-0.4, -0.2) is 36.1 Å². The van der Waals surface area contributed by atoms with Crippen molar-refractivity contribution in [3.8, 4) is 0 Å². The zero-order valence-corrected chi connectivity index (χ0v) is 9.59. The van der Waals surface area contributed by atoms with Crippen LogP contribution in [0.15, 0.2) is 6.07 Å². The van der Waals surface area contributed by atoms with Crippen LogP contribution in [-0.2, 0) is 6.42 Å². The van der Waals surface area contributed by atoms with E-state index in [1.54, 1.807) is 0 Å². The summed E-state index contributed by atoms with van der Waals surface area (Å²) in [5, 5.41) is 3.66. The summed E-state index contributed by atoms with van der Waals surface area (Å²) in [6.45, 7) is 6.04. The number of anilines is 1. The van der Waals surface area contributed by atoms with E-state index >= 15 is 0 Å². The third-order valence-corrected chi connectivity index (χ3v) is 2.71. The maximum Gasteiger partial charge on any atom is 0.224 e. The average Bonchev–Trinajstić information content (AvgIpc) is 2.29. The van der Waals surface area contributed by atoms with E-state index in [1.165, 1.54) is 0 Å². The van der Waals surface area contributed by atoms with Crippen molar-refractivity contribution in [3.05, 3.63) is 17.0 Å². The van der Waals surface area contributed by atoms with E-state index in [0.717, 1.165) is 44.1 Å². The maximum atomic E-state index is 5.88. The van der Waals surface area contributed by atoms with Gasteiger partial charge in [-0.3, -0.25) is 0 Å². The van der Waals surface area contributed by atoms with Crippen LogP contribution in [0.5, 0.6) is 0 Å². The Balaban J connectivity index is 2.22. The molecule has 0 aliphatic carbocycles. The smallest absolute Gasteiger partial charge is 0.224 e. The number of nitrogens with zero attached hydrogens (tertiary/aromatic N) is 3. The lowest BCUT2D eigenvalue weighted by Crippen LogP contribution is -2.44. The molecule has 0 amide bonds. The molecule has 4 nitrogen and oxygen atoms in total. The molecule has 0 bridgehead atoms. The molecule has 2 rings (SSSR count). The summed E-state index contributed by atoms with van der Waals surface area (Å²) in [5.74, 6) is 0.952. The topological polar surface area (TPSA) is 41.0 Å². The van der Waals surface area contributed by atoms with Crippen molar-refractivity contribution in [1.29, 1.82) is 0 Å². The molecule has 1 N–H and O–H groups in total. The van der Waals surface area contributed by atoms with Crippen LogP contribution in [0.4, 0.5) is 5.82 Å². The van der Waals surface area contributed by atoms with Crippen LogP contribution in [0.1, 0.15) is 12.6 Å². The van der Waals surface area contributed by atoms with Crippen LogP contribution in [0.3, 0.4) is 0 Å². The molecule has 2 heterocycles. The van der Waals surface area contributed by atoms with Gasteiger partial charge >= 0.3 is 0 Å². The predicted molar refractivity (Wildman–Crippen MR) is 61.5 cm³/mol. The highest BCUT2D eigenvalue weighted by atomic mass is 35.5. The van der Waals surface area contributed by atoms with Gasteiger partial charge in [0.05, 0.1) is 0 Å². The molecule has 1 aliphatic rings. The number of aromatic nitrogens is 2. The zero-order valence-electron chi connectivity index (χ0n) is 8.83. The molecule has 0 saturated carbocycles. The van der Waals surface area contributed by atoms with Gasteiger partial charge in [0.1, 0.15) is 5.82 Å². The summed E-state index contributed by atoms with van der Waals surface area (Å²) in [7, 11) is 0. The Morgan fingerprint density at radius 1 is 1.40 bits per heavy atom. The third kappa shape index (κ3) is 2.58. The highest BCUT2D eigenvalue weighted by Gasteiger charge is 2.13. The Morgan fingerprint density at radius 3 is 2.80 bits per heavy atom. The van der Waals surface area contributed by atoms with Gasteiger partial charge in [-0.1, -0.05) is 6.92 Å². The number of aryl methyl sites for hydroxylation is 1. The molecule has 5 heteroatoms. The molecule has 0 aromatic carbocycles. The number of hydrogen-bond donors (Lipinski definition) is 1. The lowest BCUT2D eigenvalue weighted by molar-refractivity contribution is 0.584. The van der Waals surface area contributed by atoms with E-state index < -0.39 is 0 Å². The SMILES string of the molecule is CCc1cc(N2CCNCC2)nc(Cl)n1. The Hall–Kier alpha value is -0.870. The van der Waals surface area contributed by atoms with Gasteiger partial charge in [0.2, 0.25) is 5.28 Å². The molecule has 0 spiro atoms. The van der Waals surface area contributed by atoms with E-state index in [0.29, 0.717) is 5.28 Å². The molecule has 0 atom stereocenters. The van der Waals surface area contributed by atoms with Crippen LogP contribution in [0.25, 0.3) is 0 Å². The van der Waals surface area contributed by atoms with Gasteiger partial charge in [0.25, 0.3) is 0 Å². The fraction of sp³-hybridized carbons (Fsp3) is 0.600. The lowest BCUT2D eigenvalue weighted by Gasteiger charge is -2.28. The fourth-order valence-electron chi connectivity index (χ4n) is 1.69. The summed E-state index contributed by atoms with van der Waals surface area (Å²) in [4.78, 5) is 10.7. The molecular weight excluding hydrogens is 212 g/mol. The van der Waals surface area contributed by atoms with Crippen molar-refractivity contribution in [1.82, 2.24) is 15.3 Å². The second kappa shape index (κ2) is 4.77. The number of rotatable bonds is 2.